The lowest BCUT2D eigenvalue weighted by Crippen LogP contribution is -2.61. The van der Waals surface area contributed by atoms with E-state index >= 15 is 0 Å². The molecule has 1 fully saturated rings. The van der Waals surface area contributed by atoms with Crippen molar-refractivity contribution in [3.8, 4) is 28.7 Å². The monoisotopic (exact) mass is 698 g/mol. The number of rotatable bonds is 5. The number of benzene rings is 2. The van der Waals surface area contributed by atoms with E-state index in [0.29, 0.717) is 0 Å². The van der Waals surface area contributed by atoms with Gasteiger partial charge in [0.1, 0.15) is 23.3 Å². The Hall–Kier alpha value is -5.20. The van der Waals surface area contributed by atoms with Gasteiger partial charge in [-0.15, -0.1) is 0 Å². The van der Waals surface area contributed by atoms with E-state index in [4.69, 9.17) is 32.8 Å². The fraction of sp³-hybridized carbons (Fsp3) is 0.394. The first kappa shape index (κ1) is 33.3. The first-order valence-corrected chi connectivity index (χ1v) is 15.2. The minimum atomic E-state index is -2.54. The van der Waals surface area contributed by atoms with E-state index < -0.39 is 129 Å². The summed E-state index contributed by atoms with van der Waals surface area (Å²) < 4.78 is 44.4. The van der Waals surface area contributed by atoms with E-state index in [-0.39, 0.29) is 23.1 Å². The van der Waals surface area contributed by atoms with Gasteiger partial charge in [0.15, 0.2) is 46.9 Å². The van der Waals surface area contributed by atoms with Gasteiger partial charge in [0.2, 0.25) is 11.5 Å². The molecule has 4 heterocycles. The van der Waals surface area contributed by atoms with Crippen molar-refractivity contribution < 1.29 is 77.5 Å². The quantitative estimate of drug-likeness (QED) is 0.184. The van der Waals surface area contributed by atoms with Crippen LogP contribution in [0.15, 0.2) is 38.7 Å². The Morgan fingerprint density at radius 1 is 0.960 bits per heavy atom. The molecule has 7 rings (SSSR count). The maximum Gasteiger partial charge on any atom is 0.374 e. The number of fused-ring (bicyclic) bond motifs is 3. The third kappa shape index (κ3) is 4.65. The molecule has 7 atom stereocenters. The van der Waals surface area contributed by atoms with Crippen LogP contribution in [-0.2, 0) is 30.1 Å². The maximum atomic E-state index is 14.2. The summed E-state index contributed by atoms with van der Waals surface area (Å²) >= 11 is 0. The van der Waals surface area contributed by atoms with Gasteiger partial charge >= 0.3 is 17.4 Å². The molecule has 17 heteroatoms. The van der Waals surface area contributed by atoms with E-state index in [1.54, 1.807) is 6.92 Å². The van der Waals surface area contributed by atoms with Crippen LogP contribution in [0.5, 0.6) is 28.7 Å². The van der Waals surface area contributed by atoms with E-state index in [1.807, 2.05) is 0 Å². The van der Waals surface area contributed by atoms with Gasteiger partial charge in [0.05, 0.1) is 43.1 Å². The number of carbonyl (C=O) groups excluding carboxylic acids is 3. The Labute approximate surface area is 280 Å². The summed E-state index contributed by atoms with van der Waals surface area (Å²) in [5.74, 6) is -9.83. The van der Waals surface area contributed by atoms with Gasteiger partial charge in [0.25, 0.3) is 0 Å². The molecule has 0 saturated carbocycles. The Morgan fingerprint density at radius 2 is 1.70 bits per heavy atom. The highest BCUT2D eigenvalue weighted by molar-refractivity contribution is 6.29. The standard InChI is InChI=1S/C33H30O17/c1-10-23(36)15(44-3)9-18(46-10)48-30-22-25(38)20-13(34)8-14(43-2)24(37)21(20)27(40)29(22)50-33(30)17(35)7-12-5-11-6-16(31(41)45-4)47-32(42)19(11)26(39)28(12)49-33/h5-6,8,10,15,17-18,23,30,34-37,39H,7,9H2,1-4H3. The largest absolute Gasteiger partial charge is 0.507 e. The van der Waals surface area contributed by atoms with Crippen LogP contribution in [0.25, 0.3) is 10.8 Å². The van der Waals surface area contributed by atoms with E-state index in [1.165, 1.54) is 13.2 Å². The molecule has 264 valence electrons. The molecule has 1 aliphatic carbocycles. The fourth-order valence-electron chi connectivity index (χ4n) is 6.85. The van der Waals surface area contributed by atoms with Crippen molar-refractivity contribution in [1.29, 1.82) is 0 Å². The zero-order chi connectivity index (χ0) is 36.0. The SMILES string of the molecule is COC(=O)c1cc2cc3c(c(O)c2c(=O)o1)OC1(OC2=C(C(=O)c4c(O)cc(OC)c(O)c4C2=O)C1OC1CC(OC)C(O)C(C)O1)C(O)C3. The highest BCUT2D eigenvalue weighted by Crippen LogP contribution is 2.54. The number of aliphatic hydroxyl groups excluding tert-OH is 2. The van der Waals surface area contributed by atoms with Crippen LogP contribution >= 0.6 is 0 Å². The predicted molar refractivity (Wildman–Crippen MR) is 162 cm³/mol. The van der Waals surface area contributed by atoms with Crippen molar-refractivity contribution in [1.82, 2.24) is 0 Å². The number of phenolic OH excluding ortho intramolecular Hbond substituents is 3. The lowest BCUT2D eigenvalue weighted by molar-refractivity contribution is -0.311. The van der Waals surface area contributed by atoms with Crippen LogP contribution in [-0.4, -0.2) is 107 Å². The second-order valence-electron chi connectivity index (χ2n) is 12.1. The molecule has 0 bridgehead atoms. The highest BCUT2D eigenvalue weighted by Gasteiger charge is 2.65. The van der Waals surface area contributed by atoms with Crippen molar-refractivity contribution in [2.75, 3.05) is 21.3 Å². The van der Waals surface area contributed by atoms with Gasteiger partial charge in [-0.25, -0.2) is 9.59 Å². The Bertz CT molecular complexity index is 2080. The number of hydrogen-bond acceptors (Lipinski definition) is 17. The van der Waals surface area contributed by atoms with Gasteiger partial charge in [-0.05, 0) is 24.4 Å². The fourth-order valence-corrected chi connectivity index (χ4v) is 6.85. The number of esters is 1. The topological polar surface area (TPSA) is 247 Å². The van der Waals surface area contributed by atoms with Gasteiger partial charge in [-0.1, -0.05) is 0 Å². The summed E-state index contributed by atoms with van der Waals surface area (Å²) in [7, 11) is 3.60. The van der Waals surface area contributed by atoms with Crippen molar-refractivity contribution in [3.63, 3.8) is 0 Å². The van der Waals surface area contributed by atoms with Crippen LogP contribution < -0.4 is 15.1 Å². The molecule has 7 unspecified atom stereocenters. The smallest absolute Gasteiger partial charge is 0.374 e. The lowest BCUT2D eigenvalue weighted by atomic mass is 9.82. The molecule has 3 aromatic rings. The minimum absolute atomic E-state index is 0.0386. The summed E-state index contributed by atoms with van der Waals surface area (Å²) in [6.07, 6.45) is -8.13. The van der Waals surface area contributed by atoms with Gasteiger partial charge in [0, 0.05) is 31.6 Å². The zero-order valence-electron chi connectivity index (χ0n) is 26.7. The molecule has 4 aliphatic rings. The second kappa shape index (κ2) is 11.7. The van der Waals surface area contributed by atoms with Crippen molar-refractivity contribution in [2.45, 2.75) is 62.4 Å². The molecule has 17 nitrogen and oxygen atoms in total. The summed E-state index contributed by atoms with van der Waals surface area (Å²) in [6, 6.07) is 3.44. The number of carbonyl (C=O) groups is 3. The van der Waals surface area contributed by atoms with E-state index in [0.717, 1.165) is 26.4 Å². The van der Waals surface area contributed by atoms with Crippen LogP contribution in [0.4, 0.5) is 0 Å². The molecule has 3 aliphatic heterocycles. The average molecular weight is 699 g/mol. The molecule has 2 aromatic carbocycles. The van der Waals surface area contributed by atoms with E-state index in [2.05, 4.69) is 4.74 Å². The van der Waals surface area contributed by atoms with Crippen molar-refractivity contribution in [3.05, 3.63) is 62.4 Å². The third-order valence-corrected chi connectivity index (χ3v) is 9.33. The summed E-state index contributed by atoms with van der Waals surface area (Å²) in [5, 5.41) is 55.0. The average Bonchev–Trinajstić information content (AvgIpc) is 3.40. The van der Waals surface area contributed by atoms with Crippen molar-refractivity contribution >= 4 is 28.3 Å². The zero-order valence-corrected chi connectivity index (χ0v) is 26.7. The van der Waals surface area contributed by atoms with Crippen LogP contribution in [0.3, 0.4) is 0 Å². The second-order valence-corrected chi connectivity index (χ2v) is 12.1. The van der Waals surface area contributed by atoms with Crippen LogP contribution in [0.1, 0.15) is 50.2 Å². The number of ether oxygens (including phenoxy) is 7. The third-order valence-electron chi connectivity index (χ3n) is 9.33. The lowest BCUT2D eigenvalue weighted by Gasteiger charge is -2.44. The highest BCUT2D eigenvalue weighted by atomic mass is 16.8. The molecule has 0 radical (unpaired) electrons. The Kier molecular flexibility index (Phi) is 7.80. The Balaban J connectivity index is 1.39. The maximum absolute atomic E-state index is 14.2. The summed E-state index contributed by atoms with van der Waals surface area (Å²) in [5.41, 5.74) is -2.80. The van der Waals surface area contributed by atoms with Gasteiger partial charge in [-0.2, -0.15) is 0 Å². The summed E-state index contributed by atoms with van der Waals surface area (Å²) in [6.45, 7) is 1.54. The number of allylic oxidation sites excluding steroid dienone is 1. The van der Waals surface area contributed by atoms with Gasteiger partial charge < -0.3 is 63.1 Å². The molecule has 0 amide bonds. The number of ketones is 2. The predicted octanol–water partition coefficient (Wildman–Crippen LogP) is 0.957. The summed E-state index contributed by atoms with van der Waals surface area (Å²) in [4.78, 5) is 53.3. The van der Waals surface area contributed by atoms with Crippen LogP contribution in [0.2, 0.25) is 0 Å². The number of Topliss-reactive ketones (excluding diaryl/α,β-unsaturated/α-hetero) is 2. The van der Waals surface area contributed by atoms with Gasteiger partial charge in [-0.3, -0.25) is 9.59 Å². The number of hydrogen-bond donors (Lipinski definition) is 5. The molecule has 1 spiro atoms. The number of aromatic hydroxyl groups is 3. The number of methoxy groups -OCH3 is 3. The van der Waals surface area contributed by atoms with Crippen molar-refractivity contribution in [2.24, 2.45) is 0 Å². The Morgan fingerprint density at radius 3 is 2.38 bits per heavy atom. The number of phenols is 3. The minimum Gasteiger partial charge on any atom is -0.507 e. The molecular weight excluding hydrogens is 668 g/mol. The van der Waals surface area contributed by atoms with Crippen LogP contribution in [0, 0.1) is 0 Å². The normalized spacial score (nSPS) is 28.5. The molecule has 50 heavy (non-hydrogen) atoms. The first-order chi connectivity index (χ1) is 23.8. The molecule has 5 N–H and O–H groups in total. The first-order valence-electron chi connectivity index (χ1n) is 15.2. The molecule has 1 aromatic heterocycles. The number of aliphatic hydroxyl groups is 2. The molecule has 1 saturated heterocycles. The van der Waals surface area contributed by atoms with E-state index in [9.17, 15) is 44.7 Å². The molecular formula is C33H30O17.